The van der Waals surface area contributed by atoms with E-state index in [0.717, 1.165) is 24.5 Å². The van der Waals surface area contributed by atoms with Gasteiger partial charge >= 0.3 is 0 Å². The van der Waals surface area contributed by atoms with Crippen molar-refractivity contribution in [3.8, 4) is 0 Å². The Labute approximate surface area is 125 Å². The minimum absolute atomic E-state index is 0.688. The molecule has 1 heterocycles. The minimum Gasteiger partial charge on any atom is -0.354 e. The number of hydrogen-bond acceptors (Lipinski definition) is 3. The van der Waals surface area contributed by atoms with Gasteiger partial charge in [0.05, 0.1) is 5.02 Å². The Morgan fingerprint density at radius 2 is 2.05 bits per heavy atom. The minimum atomic E-state index is 0.688. The van der Waals surface area contributed by atoms with Gasteiger partial charge in [-0.2, -0.15) is 0 Å². The zero-order chi connectivity index (χ0) is 14.5. The molecule has 0 spiro atoms. The van der Waals surface area contributed by atoms with Crippen LogP contribution in [-0.2, 0) is 13.1 Å². The molecule has 1 aromatic heterocycles. The lowest BCUT2D eigenvalue weighted by Gasteiger charge is -2.20. The van der Waals surface area contributed by atoms with Gasteiger partial charge in [-0.05, 0) is 31.2 Å². The van der Waals surface area contributed by atoms with Crippen molar-refractivity contribution in [2.75, 3.05) is 19.0 Å². The van der Waals surface area contributed by atoms with Gasteiger partial charge in [0.25, 0.3) is 0 Å². The molecule has 20 heavy (non-hydrogen) atoms. The molecule has 4 heteroatoms. The van der Waals surface area contributed by atoms with E-state index < -0.39 is 0 Å². The summed E-state index contributed by atoms with van der Waals surface area (Å²) in [6.07, 6.45) is 1.87. The standard InChI is InChI=1S/C16H20ClN3/c1-12-5-4-6-13(7-12)11-20(3)16-15(17)8-14(9-18-2)10-19-16/h4-8,10,18H,9,11H2,1-3H3. The first kappa shape index (κ1) is 14.8. The molecule has 0 bridgehead atoms. The average Bonchev–Trinajstić information content (AvgIpc) is 2.39. The lowest BCUT2D eigenvalue weighted by molar-refractivity contribution is 0.810. The fourth-order valence-corrected chi connectivity index (χ4v) is 2.54. The van der Waals surface area contributed by atoms with Crippen molar-refractivity contribution < 1.29 is 0 Å². The van der Waals surface area contributed by atoms with E-state index in [9.17, 15) is 0 Å². The largest absolute Gasteiger partial charge is 0.354 e. The third kappa shape index (κ3) is 3.71. The monoisotopic (exact) mass is 289 g/mol. The van der Waals surface area contributed by atoms with Gasteiger partial charge < -0.3 is 10.2 Å². The Morgan fingerprint density at radius 3 is 2.70 bits per heavy atom. The number of rotatable bonds is 5. The summed E-state index contributed by atoms with van der Waals surface area (Å²) < 4.78 is 0. The zero-order valence-electron chi connectivity index (χ0n) is 12.2. The molecular weight excluding hydrogens is 270 g/mol. The Hall–Kier alpha value is -1.58. The summed E-state index contributed by atoms with van der Waals surface area (Å²) >= 11 is 6.33. The van der Waals surface area contributed by atoms with Crippen molar-refractivity contribution in [1.29, 1.82) is 0 Å². The lowest BCUT2D eigenvalue weighted by atomic mass is 10.1. The molecule has 0 saturated heterocycles. The molecular formula is C16H20ClN3. The van der Waals surface area contributed by atoms with Crippen molar-refractivity contribution >= 4 is 17.4 Å². The summed E-state index contributed by atoms with van der Waals surface area (Å²) in [5.74, 6) is 0.813. The number of hydrogen-bond donors (Lipinski definition) is 1. The second-order valence-corrected chi connectivity index (χ2v) is 5.43. The SMILES string of the molecule is CNCc1cnc(N(C)Cc2cccc(C)c2)c(Cl)c1. The quantitative estimate of drug-likeness (QED) is 0.914. The first-order chi connectivity index (χ1) is 9.60. The number of aryl methyl sites for hydroxylation is 1. The van der Waals surface area contributed by atoms with Crippen LogP contribution in [0, 0.1) is 6.92 Å². The molecule has 0 amide bonds. The van der Waals surface area contributed by atoms with E-state index in [1.165, 1.54) is 11.1 Å². The van der Waals surface area contributed by atoms with E-state index in [0.29, 0.717) is 5.02 Å². The first-order valence-electron chi connectivity index (χ1n) is 6.66. The average molecular weight is 290 g/mol. The number of nitrogens with zero attached hydrogens (tertiary/aromatic N) is 2. The van der Waals surface area contributed by atoms with Crippen LogP contribution in [0.3, 0.4) is 0 Å². The van der Waals surface area contributed by atoms with Gasteiger partial charge in [0.2, 0.25) is 0 Å². The number of benzene rings is 1. The molecule has 0 fully saturated rings. The van der Waals surface area contributed by atoms with Crippen LogP contribution in [0.15, 0.2) is 36.5 Å². The van der Waals surface area contributed by atoms with Crippen molar-refractivity contribution in [2.45, 2.75) is 20.0 Å². The van der Waals surface area contributed by atoms with Gasteiger partial charge in [-0.25, -0.2) is 4.98 Å². The molecule has 0 aliphatic carbocycles. The van der Waals surface area contributed by atoms with Gasteiger partial charge in [-0.15, -0.1) is 0 Å². The smallest absolute Gasteiger partial charge is 0.147 e. The normalized spacial score (nSPS) is 10.6. The third-order valence-corrected chi connectivity index (χ3v) is 3.40. The van der Waals surface area contributed by atoms with Crippen LogP contribution in [-0.4, -0.2) is 19.1 Å². The summed E-state index contributed by atoms with van der Waals surface area (Å²) in [5, 5.41) is 3.78. The molecule has 2 aromatic rings. The fraction of sp³-hybridized carbons (Fsp3) is 0.312. The number of halogens is 1. The predicted octanol–water partition coefficient (Wildman–Crippen LogP) is 3.40. The van der Waals surface area contributed by atoms with Gasteiger partial charge in [0.15, 0.2) is 0 Å². The fourth-order valence-electron chi connectivity index (χ4n) is 2.21. The molecule has 3 nitrogen and oxygen atoms in total. The highest BCUT2D eigenvalue weighted by Gasteiger charge is 2.09. The maximum Gasteiger partial charge on any atom is 0.147 e. The van der Waals surface area contributed by atoms with E-state index >= 15 is 0 Å². The molecule has 0 aliphatic rings. The Kier molecular flexibility index (Phi) is 4.99. The highest BCUT2D eigenvalue weighted by Crippen LogP contribution is 2.24. The van der Waals surface area contributed by atoms with E-state index in [1.54, 1.807) is 0 Å². The Morgan fingerprint density at radius 1 is 1.25 bits per heavy atom. The van der Waals surface area contributed by atoms with Crippen LogP contribution < -0.4 is 10.2 Å². The highest BCUT2D eigenvalue weighted by atomic mass is 35.5. The zero-order valence-corrected chi connectivity index (χ0v) is 12.9. The molecule has 1 N–H and O–H groups in total. The van der Waals surface area contributed by atoms with E-state index in [1.807, 2.05) is 26.4 Å². The van der Waals surface area contributed by atoms with E-state index in [2.05, 4.69) is 46.4 Å². The summed E-state index contributed by atoms with van der Waals surface area (Å²) in [6.45, 7) is 3.66. The van der Waals surface area contributed by atoms with Gasteiger partial charge in [-0.1, -0.05) is 41.4 Å². The Bertz CT molecular complexity index is 584. The molecule has 0 saturated carbocycles. The second-order valence-electron chi connectivity index (χ2n) is 5.02. The number of anilines is 1. The van der Waals surface area contributed by atoms with Gasteiger partial charge in [-0.3, -0.25) is 0 Å². The molecule has 0 atom stereocenters. The topological polar surface area (TPSA) is 28.2 Å². The van der Waals surface area contributed by atoms with Crippen LogP contribution in [0.2, 0.25) is 5.02 Å². The molecule has 106 valence electrons. The molecule has 0 unspecified atom stereocenters. The number of pyridine rings is 1. The molecule has 2 rings (SSSR count). The maximum absolute atomic E-state index is 6.33. The first-order valence-corrected chi connectivity index (χ1v) is 7.03. The van der Waals surface area contributed by atoms with Crippen molar-refractivity contribution in [3.63, 3.8) is 0 Å². The van der Waals surface area contributed by atoms with E-state index in [4.69, 9.17) is 11.6 Å². The van der Waals surface area contributed by atoms with Gasteiger partial charge in [0.1, 0.15) is 5.82 Å². The van der Waals surface area contributed by atoms with Crippen LogP contribution in [0.5, 0.6) is 0 Å². The van der Waals surface area contributed by atoms with Crippen molar-refractivity contribution in [2.24, 2.45) is 0 Å². The predicted molar refractivity (Wildman–Crippen MR) is 85.3 cm³/mol. The van der Waals surface area contributed by atoms with Crippen LogP contribution >= 0.6 is 11.6 Å². The van der Waals surface area contributed by atoms with Crippen LogP contribution in [0.1, 0.15) is 16.7 Å². The van der Waals surface area contributed by atoms with Crippen LogP contribution in [0.25, 0.3) is 0 Å². The summed E-state index contributed by atoms with van der Waals surface area (Å²) in [6, 6.07) is 10.4. The van der Waals surface area contributed by atoms with Crippen molar-refractivity contribution in [1.82, 2.24) is 10.3 Å². The summed E-state index contributed by atoms with van der Waals surface area (Å²) in [5.41, 5.74) is 3.61. The van der Waals surface area contributed by atoms with Crippen molar-refractivity contribution in [3.05, 3.63) is 58.2 Å². The Balaban J connectivity index is 2.14. The lowest BCUT2D eigenvalue weighted by Crippen LogP contribution is -2.18. The van der Waals surface area contributed by atoms with Crippen LogP contribution in [0.4, 0.5) is 5.82 Å². The third-order valence-electron chi connectivity index (χ3n) is 3.12. The number of nitrogens with one attached hydrogen (secondary N) is 1. The summed E-state index contributed by atoms with van der Waals surface area (Å²) in [4.78, 5) is 6.54. The highest BCUT2D eigenvalue weighted by molar-refractivity contribution is 6.33. The molecule has 0 aliphatic heterocycles. The molecule has 0 radical (unpaired) electrons. The number of aromatic nitrogens is 1. The molecule has 1 aromatic carbocycles. The van der Waals surface area contributed by atoms with Gasteiger partial charge in [0, 0.05) is 26.3 Å². The maximum atomic E-state index is 6.33. The second kappa shape index (κ2) is 6.73. The van der Waals surface area contributed by atoms with E-state index in [-0.39, 0.29) is 0 Å². The summed E-state index contributed by atoms with van der Waals surface area (Å²) in [7, 11) is 3.92.